The van der Waals surface area contributed by atoms with Gasteiger partial charge in [-0.05, 0) is 67.5 Å². The summed E-state index contributed by atoms with van der Waals surface area (Å²) in [6.45, 7) is 8.45. The molecule has 8 heteroatoms. The maximum atomic E-state index is 13.8. The summed E-state index contributed by atoms with van der Waals surface area (Å²) < 4.78 is 36.3. The van der Waals surface area contributed by atoms with Crippen LogP contribution in [-0.2, 0) is 21.3 Å². The van der Waals surface area contributed by atoms with Crippen molar-refractivity contribution < 1.29 is 13.2 Å². The van der Waals surface area contributed by atoms with Gasteiger partial charge in [0.25, 0.3) is 10.0 Å². The van der Waals surface area contributed by atoms with Gasteiger partial charge in [-0.1, -0.05) is 19.9 Å². The summed E-state index contributed by atoms with van der Waals surface area (Å²) in [6, 6.07) is 12.6. The Morgan fingerprint density at radius 1 is 1.21 bits per heavy atom. The van der Waals surface area contributed by atoms with Crippen LogP contribution in [0.4, 0.5) is 5.69 Å². The molecule has 7 nitrogen and oxygen atoms in total. The van der Waals surface area contributed by atoms with Crippen LogP contribution in [0.3, 0.4) is 0 Å². The molecule has 0 atom stereocenters. The fourth-order valence-corrected chi connectivity index (χ4v) is 5.97. The zero-order valence-corrected chi connectivity index (χ0v) is 20.2. The van der Waals surface area contributed by atoms with Crippen LogP contribution in [0.1, 0.15) is 37.8 Å². The van der Waals surface area contributed by atoms with Crippen molar-refractivity contribution in [2.45, 2.75) is 45.1 Å². The number of fused-ring (bicyclic) bond motifs is 1. The fraction of sp³-hybridized carbons (Fsp3) is 0.440. The predicted octanol–water partition coefficient (Wildman–Crippen LogP) is 4.49. The molecule has 0 bridgehead atoms. The molecular formula is C25H30N4O3S. The summed E-state index contributed by atoms with van der Waals surface area (Å²) in [4.78, 5) is 0.200. The van der Waals surface area contributed by atoms with E-state index < -0.39 is 10.0 Å². The van der Waals surface area contributed by atoms with Crippen molar-refractivity contribution in [3.8, 4) is 6.07 Å². The summed E-state index contributed by atoms with van der Waals surface area (Å²) in [5, 5.41) is 15.0. The van der Waals surface area contributed by atoms with Crippen LogP contribution < -0.4 is 4.31 Å². The van der Waals surface area contributed by atoms with Gasteiger partial charge in [-0.3, -0.25) is 8.99 Å². The number of sulfonamides is 1. The first-order chi connectivity index (χ1) is 15.8. The zero-order valence-electron chi connectivity index (χ0n) is 19.4. The Bertz CT molecular complexity index is 1280. The zero-order chi connectivity index (χ0) is 23.6. The molecule has 0 N–H and O–H groups in total. The van der Waals surface area contributed by atoms with E-state index in [2.05, 4.69) is 11.2 Å². The van der Waals surface area contributed by atoms with E-state index in [1.807, 2.05) is 37.6 Å². The Morgan fingerprint density at radius 2 is 1.97 bits per heavy atom. The number of benzene rings is 2. The first kappa shape index (κ1) is 23.3. The van der Waals surface area contributed by atoms with Crippen molar-refractivity contribution in [3.05, 3.63) is 53.7 Å². The van der Waals surface area contributed by atoms with Crippen LogP contribution in [0.2, 0.25) is 0 Å². The lowest BCUT2D eigenvalue weighted by Crippen LogP contribution is -2.35. The molecule has 174 valence electrons. The van der Waals surface area contributed by atoms with Crippen LogP contribution >= 0.6 is 0 Å². The van der Waals surface area contributed by atoms with Gasteiger partial charge in [0.05, 0.1) is 27.9 Å². The number of nitrogens with zero attached hydrogens (tertiary/aromatic N) is 4. The normalized spacial score (nSPS) is 15.1. The second-order valence-corrected chi connectivity index (χ2v) is 11.0. The van der Waals surface area contributed by atoms with Gasteiger partial charge in [0.1, 0.15) is 6.07 Å². The Labute approximate surface area is 195 Å². The number of aromatic nitrogens is 2. The highest BCUT2D eigenvalue weighted by atomic mass is 32.2. The third-order valence-corrected chi connectivity index (χ3v) is 7.82. The van der Waals surface area contributed by atoms with E-state index in [4.69, 9.17) is 4.74 Å². The Morgan fingerprint density at radius 3 is 2.67 bits per heavy atom. The van der Waals surface area contributed by atoms with Crippen LogP contribution in [0.5, 0.6) is 0 Å². The van der Waals surface area contributed by atoms with Gasteiger partial charge in [-0.15, -0.1) is 0 Å². The molecule has 0 spiro atoms. The smallest absolute Gasteiger partial charge is 0.264 e. The van der Waals surface area contributed by atoms with Crippen LogP contribution in [0.15, 0.2) is 47.5 Å². The Balaban J connectivity index is 1.71. The minimum Gasteiger partial charge on any atom is -0.381 e. The van der Waals surface area contributed by atoms with Crippen LogP contribution in [-0.4, -0.2) is 38.0 Å². The molecule has 1 aromatic heterocycles. The van der Waals surface area contributed by atoms with Crippen molar-refractivity contribution in [3.63, 3.8) is 0 Å². The quantitative estimate of drug-likeness (QED) is 0.512. The van der Waals surface area contributed by atoms with E-state index in [9.17, 15) is 13.7 Å². The minimum absolute atomic E-state index is 0.0820. The van der Waals surface area contributed by atoms with Gasteiger partial charge in [0.2, 0.25) is 0 Å². The first-order valence-corrected chi connectivity index (χ1v) is 12.8. The second-order valence-electron chi connectivity index (χ2n) is 9.17. The first-order valence-electron chi connectivity index (χ1n) is 11.4. The standard InChI is InChI=1S/C25H30N4O3S/c1-18(2)16-29(25-6-4-19(3)12-21(25)14-26)33(30,31)23-5-7-24-22(13-23)15-27-28(24)17-20-8-10-32-11-9-20/h4-7,12-13,15,18,20H,8-11,16-17H2,1-3H3. The molecule has 1 aliphatic rings. The van der Waals surface area contributed by atoms with Crippen molar-refractivity contribution in [2.75, 3.05) is 24.1 Å². The third kappa shape index (κ3) is 4.90. The summed E-state index contributed by atoms with van der Waals surface area (Å²) in [7, 11) is -3.88. The van der Waals surface area contributed by atoms with E-state index in [0.717, 1.165) is 49.1 Å². The SMILES string of the molecule is Cc1ccc(N(CC(C)C)S(=O)(=O)c2ccc3c(cnn3CC3CCOCC3)c2)c(C#N)c1. The topological polar surface area (TPSA) is 88.2 Å². The number of anilines is 1. The highest BCUT2D eigenvalue weighted by Crippen LogP contribution is 2.30. The maximum Gasteiger partial charge on any atom is 0.264 e. The van der Waals surface area contributed by atoms with Crippen molar-refractivity contribution >= 4 is 26.6 Å². The van der Waals surface area contributed by atoms with E-state index in [1.54, 1.807) is 30.5 Å². The molecule has 2 aromatic carbocycles. The summed E-state index contributed by atoms with van der Waals surface area (Å²) in [6.07, 6.45) is 3.75. The molecule has 33 heavy (non-hydrogen) atoms. The lowest BCUT2D eigenvalue weighted by atomic mass is 10.0. The van der Waals surface area contributed by atoms with Crippen molar-refractivity contribution in [1.82, 2.24) is 9.78 Å². The van der Waals surface area contributed by atoms with Gasteiger partial charge in [0, 0.05) is 31.7 Å². The second kappa shape index (κ2) is 9.54. The molecule has 0 unspecified atom stereocenters. The van der Waals surface area contributed by atoms with E-state index >= 15 is 0 Å². The lowest BCUT2D eigenvalue weighted by Gasteiger charge is -2.27. The molecule has 3 aromatic rings. The van der Waals surface area contributed by atoms with Gasteiger partial charge in [-0.2, -0.15) is 10.4 Å². The molecule has 0 radical (unpaired) electrons. The average molecular weight is 467 g/mol. The number of aryl methyl sites for hydroxylation is 1. The lowest BCUT2D eigenvalue weighted by molar-refractivity contribution is 0.0605. The molecule has 1 saturated heterocycles. The molecule has 1 fully saturated rings. The number of hydrogen-bond donors (Lipinski definition) is 0. The molecule has 2 heterocycles. The Kier molecular flexibility index (Phi) is 6.73. The summed E-state index contributed by atoms with van der Waals surface area (Å²) in [5.74, 6) is 0.594. The van der Waals surface area contributed by atoms with E-state index in [-0.39, 0.29) is 17.4 Å². The van der Waals surface area contributed by atoms with Gasteiger partial charge in [0.15, 0.2) is 0 Å². The predicted molar refractivity (Wildman–Crippen MR) is 129 cm³/mol. The third-order valence-electron chi connectivity index (χ3n) is 6.05. The number of ether oxygens (including phenoxy) is 1. The van der Waals surface area contributed by atoms with Gasteiger partial charge < -0.3 is 4.74 Å². The molecule has 0 saturated carbocycles. The number of rotatable bonds is 7. The summed E-state index contributed by atoms with van der Waals surface area (Å²) in [5.41, 5.74) is 2.59. The number of nitriles is 1. The van der Waals surface area contributed by atoms with E-state index in [1.165, 1.54) is 4.31 Å². The van der Waals surface area contributed by atoms with Crippen molar-refractivity contribution in [1.29, 1.82) is 5.26 Å². The number of hydrogen-bond acceptors (Lipinski definition) is 5. The minimum atomic E-state index is -3.88. The molecule has 4 rings (SSSR count). The monoisotopic (exact) mass is 466 g/mol. The summed E-state index contributed by atoms with van der Waals surface area (Å²) >= 11 is 0. The van der Waals surface area contributed by atoms with E-state index in [0.29, 0.717) is 17.2 Å². The average Bonchev–Trinajstić information content (AvgIpc) is 3.20. The van der Waals surface area contributed by atoms with Crippen LogP contribution in [0.25, 0.3) is 10.9 Å². The molecular weight excluding hydrogens is 436 g/mol. The fourth-order valence-electron chi connectivity index (χ4n) is 4.29. The highest BCUT2D eigenvalue weighted by Gasteiger charge is 2.28. The van der Waals surface area contributed by atoms with Gasteiger partial charge >= 0.3 is 0 Å². The van der Waals surface area contributed by atoms with Crippen molar-refractivity contribution in [2.24, 2.45) is 11.8 Å². The van der Waals surface area contributed by atoms with Gasteiger partial charge in [-0.25, -0.2) is 8.42 Å². The largest absolute Gasteiger partial charge is 0.381 e. The molecule has 1 aliphatic heterocycles. The molecule has 0 amide bonds. The Hall–Kier alpha value is -2.89. The highest BCUT2D eigenvalue weighted by molar-refractivity contribution is 7.92. The molecule has 0 aliphatic carbocycles. The van der Waals surface area contributed by atoms with Crippen LogP contribution in [0, 0.1) is 30.1 Å². The maximum absolute atomic E-state index is 13.8.